The molecule has 1 N–H and O–H groups in total. The summed E-state index contributed by atoms with van der Waals surface area (Å²) in [5.41, 5.74) is 3.32. The van der Waals surface area contributed by atoms with E-state index in [9.17, 15) is 5.11 Å². The zero-order chi connectivity index (χ0) is 12.3. The minimum Gasteiger partial charge on any atom is -0.512 e. The van der Waals surface area contributed by atoms with Crippen LogP contribution in [0.2, 0.25) is 0 Å². The first-order valence-electron chi connectivity index (χ1n) is 6.46. The van der Waals surface area contributed by atoms with Gasteiger partial charge in [0.15, 0.2) is 0 Å². The zero-order valence-electron chi connectivity index (χ0n) is 10.7. The van der Waals surface area contributed by atoms with E-state index in [1.807, 2.05) is 0 Å². The smallest absolute Gasteiger partial charge is 0.0913 e. The van der Waals surface area contributed by atoms with Gasteiger partial charge in [0.2, 0.25) is 0 Å². The Bertz CT molecular complexity index is 464. The number of rotatable bonds is 3. The van der Waals surface area contributed by atoms with E-state index in [0.717, 1.165) is 19.3 Å². The highest BCUT2D eigenvalue weighted by atomic mass is 16.3. The number of hydrogen-bond donors (Lipinski definition) is 1. The molecule has 3 saturated carbocycles. The quantitative estimate of drug-likeness (QED) is 0.765. The third-order valence-corrected chi connectivity index (χ3v) is 4.81. The van der Waals surface area contributed by atoms with E-state index in [1.165, 1.54) is 11.1 Å². The molecule has 2 bridgehead atoms. The highest BCUT2D eigenvalue weighted by Gasteiger charge is 2.69. The Morgan fingerprint density at radius 3 is 2.47 bits per heavy atom. The summed E-state index contributed by atoms with van der Waals surface area (Å²) in [5, 5.41) is 9.58. The van der Waals surface area contributed by atoms with Gasteiger partial charge in [-0.15, -0.1) is 0 Å². The number of benzene rings is 1. The second kappa shape index (κ2) is 3.16. The summed E-state index contributed by atoms with van der Waals surface area (Å²) in [7, 11) is 0. The maximum absolute atomic E-state index is 9.58. The van der Waals surface area contributed by atoms with E-state index in [4.69, 9.17) is 0 Å². The molecule has 0 amide bonds. The molecule has 3 fully saturated rings. The molecule has 3 aliphatic rings. The molecule has 90 valence electrons. The Morgan fingerprint density at radius 2 is 1.94 bits per heavy atom. The summed E-state index contributed by atoms with van der Waals surface area (Å²) in [4.78, 5) is 0. The predicted octanol–water partition coefficient (Wildman–Crippen LogP) is 4.30. The number of aliphatic hydroxyl groups is 1. The van der Waals surface area contributed by atoms with Gasteiger partial charge in [-0.25, -0.2) is 0 Å². The Morgan fingerprint density at radius 1 is 1.29 bits per heavy atom. The number of allylic oxidation sites excluding steroid dienone is 1. The van der Waals surface area contributed by atoms with Crippen molar-refractivity contribution in [3.63, 3.8) is 0 Å². The molecule has 1 aromatic rings. The van der Waals surface area contributed by atoms with Crippen LogP contribution in [0.25, 0.3) is 0 Å². The highest BCUT2D eigenvalue weighted by Crippen LogP contribution is 2.75. The fraction of sp³-hybridized carbons (Fsp3) is 0.500. The summed E-state index contributed by atoms with van der Waals surface area (Å²) >= 11 is 0. The fourth-order valence-corrected chi connectivity index (χ4v) is 3.63. The fourth-order valence-electron chi connectivity index (χ4n) is 3.63. The van der Waals surface area contributed by atoms with Gasteiger partial charge >= 0.3 is 0 Å². The molecule has 0 heterocycles. The Hall–Kier alpha value is -1.24. The average molecular weight is 228 g/mol. The lowest BCUT2D eigenvalue weighted by Gasteiger charge is -2.70. The lowest BCUT2D eigenvalue weighted by molar-refractivity contribution is -0.133. The van der Waals surface area contributed by atoms with Crippen molar-refractivity contribution in [3.05, 3.63) is 47.7 Å². The van der Waals surface area contributed by atoms with Crippen molar-refractivity contribution < 1.29 is 5.11 Å². The number of hydrogen-bond acceptors (Lipinski definition) is 1. The molecule has 0 radical (unpaired) electrons. The monoisotopic (exact) mass is 228 g/mol. The molecule has 0 spiro atoms. The van der Waals surface area contributed by atoms with Gasteiger partial charge < -0.3 is 5.11 Å². The second-order valence-corrected chi connectivity index (χ2v) is 6.32. The normalized spacial score (nSPS) is 34.1. The van der Waals surface area contributed by atoms with Crippen LogP contribution in [0.4, 0.5) is 0 Å². The summed E-state index contributed by atoms with van der Waals surface area (Å²) in [6.07, 6.45) is 3.28. The topological polar surface area (TPSA) is 20.2 Å². The van der Waals surface area contributed by atoms with Gasteiger partial charge in [0.1, 0.15) is 0 Å². The van der Waals surface area contributed by atoms with E-state index < -0.39 is 0 Å². The van der Waals surface area contributed by atoms with Crippen LogP contribution in [0.1, 0.15) is 50.2 Å². The maximum Gasteiger partial charge on any atom is 0.0913 e. The van der Waals surface area contributed by atoms with E-state index in [1.54, 1.807) is 0 Å². The molecule has 0 aromatic heterocycles. The van der Waals surface area contributed by atoms with E-state index in [2.05, 4.69) is 44.7 Å². The van der Waals surface area contributed by atoms with E-state index in [0.29, 0.717) is 17.1 Å². The van der Waals surface area contributed by atoms with Gasteiger partial charge in [-0.1, -0.05) is 44.7 Å². The Kier molecular flexibility index (Phi) is 2.02. The molecule has 1 aromatic carbocycles. The second-order valence-electron chi connectivity index (χ2n) is 6.32. The van der Waals surface area contributed by atoms with E-state index >= 15 is 0 Å². The number of aliphatic hydroxyl groups excluding tert-OH is 1. The first-order chi connectivity index (χ1) is 7.97. The first kappa shape index (κ1) is 10.9. The van der Waals surface area contributed by atoms with Crippen LogP contribution in [-0.2, 0) is 5.41 Å². The summed E-state index contributed by atoms with van der Waals surface area (Å²) in [6.45, 7) is 8.18. The summed E-state index contributed by atoms with van der Waals surface area (Å²) in [5.74, 6) is 0.989. The standard InChI is InChI=1S/C16H20O/c1-11(2)13-5-4-6-14(7-13)16-8-15(9-16,10-16)12(3)17/h4-7,11,17H,3,8-10H2,1-2H3. The predicted molar refractivity (Wildman–Crippen MR) is 70.3 cm³/mol. The van der Waals surface area contributed by atoms with Crippen LogP contribution in [0.15, 0.2) is 36.6 Å². The summed E-state index contributed by atoms with van der Waals surface area (Å²) < 4.78 is 0. The van der Waals surface area contributed by atoms with Gasteiger partial charge in [-0.2, -0.15) is 0 Å². The van der Waals surface area contributed by atoms with Crippen molar-refractivity contribution in [2.75, 3.05) is 0 Å². The van der Waals surface area contributed by atoms with Gasteiger partial charge in [-0.3, -0.25) is 0 Å². The molecule has 0 aliphatic heterocycles. The first-order valence-corrected chi connectivity index (χ1v) is 6.46. The summed E-state index contributed by atoms with van der Waals surface area (Å²) in [6, 6.07) is 8.98. The van der Waals surface area contributed by atoms with Crippen molar-refractivity contribution in [2.45, 2.75) is 44.4 Å². The van der Waals surface area contributed by atoms with Crippen molar-refractivity contribution in [2.24, 2.45) is 5.41 Å². The Labute approximate surface area is 103 Å². The highest BCUT2D eigenvalue weighted by molar-refractivity contribution is 5.44. The van der Waals surface area contributed by atoms with Crippen LogP contribution < -0.4 is 0 Å². The molecular formula is C16H20O. The average Bonchev–Trinajstić information content (AvgIpc) is 2.13. The molecule has 3 aliphatic carbocycles. The molecule has 0 saturated heterocycles. The minimum absolute atomic E-state index is 0.0772. The molecule has 0 unspecified atom stereocenters. The maximum atomic E-state index is 9.58. The van der Waals surface area contributed by atoms with Crippen LogP contribution in [-0.4, -0.2) is 5.11 Å². The van der Waals surface area contributed by atoms with Crippen LogP contribution >= 0.6 is 0 Å². The Balaban J connectivity index is 1.85. The van der Waals surface area contributed by atoms with Crippen molar-refractivity contribution >= 4 is 0 Å². The lowest BCUT2D eigenvalue weighted by Crippen LogP contribution is -2.65. The van der Waals surface area contributed by atoms with Crippen LogP contribution in [0.3, 0.4) is 0 Å². The minimum atomic E-state index is 0.0772. The third kappa shape index (κ3) is 1.31. The molecule has 17 heavy (non-hydrogen) atoms. The van der Waals surface area contributed by atoms with Gasteiger partial charge in [-0.05, 0) is 41.7 Å². The van der Waals surface area contributed by atoms with Crippen LogP contribution in [0.5, 0.6) is 0 Å². The third-order valence-electron chi connectivity index (χ3n) is 4.81. The van der Waals surface area contributed by atoms with Crippen molar-refractivity contribution in [3.8, 4) is 0 Å². The van der Waals surface area contributed by atoms with Gasteiger partial charge in [0, 0.05) is 5.41 Å². The zero-order valence-corrected chi connectivity index (χ0v) is 10.7. The van der Waals surface area contributed by atoms with Gasteiger partial charge in [0.25, 0.3) is 0 Å². The molecular weight excluding hydrogens is 208 g/mol. The van der Waals surface area contributed by atoms with Crippen LogP contribution in [0, 0.1) is 5.41 Å². The van der Waals surface area contributed by atoms with E-state index in [-0.39, 0.29) is 5.41 Å². The molecule has 1 heteroatoms. The van der Waals surface area contributed by atoms with Crippen molar-refractivity contribution in [1.82, 2.24) is 0 Å². The van der Waals surface area contributed by atoms with Crippen molar-refractivity contribution in [1.29, 1.82) is 0 Å². The SMILES string of the molecule is C=C(O)C12CC(c3cccc(C(C)C)c3)(C1)C2. The molecule has 4 rings (SSSR count). The van der Waals surface area contributed by atoms with Gasteiger partial charge in [0.05, 0.1) is 5.76 Å². The molecule has 0 atom stereocenters. The largest absolute Gasteiger partial charge is 0.512 e. The lowest BCUT2D eigenvalue weighted by atomic mass is 9.33. The molecule has 1 nitrogen and oxygen atoms in total.